The van der Waals surface area contributed by atoms with Gasteiger partial charge in [-0.25, -0.2) is 4.79 Å². The molecular weight excluding hydrogens is 384 g/mol. The molecule has 0 atom stereocenters. The van der Waals surface area contributed by atoms with Gasteiger partial charge in [0, 0.05) is 16.1 Å². The van der Waals surface area contributed by atoms with E-state index in [-0.39, 0.29) is 0 Å². The van der Waals surface area contributed by atoms with Crippen LogP contribution >= 0.6 is 11.6 Å². The molecule has 0 saturated heterocycles. The minimum absolute atomic E-state index is 0.390. The predicted molar refractivity (Wildman–Crippen MR) is 118 cm³/mol. The summed E-state index contributed by atoms with van der Waals surface area (Å²) in [7, 11) is 3.01. The van der Waals surface area contributed by atoms with Crippen LogP contribution in [0.4, 0.5) is 0 Å². The van der Waals surface area contributed by atoms with Crippen molar-refractivity contribution in [1.82, 2.24) is 0 Å². The number of esters is 1. The van der Waals surface area contributed by atoms with E-state index in [0.29, 0.717) is 16.3 Å². The number of hydrogen-bond acceptors (Lipinski definition) is 3. The van der Waals surface area contributed by atoms with Gasteiger partial charge in [-0.1, -0.05) is 66.2 Å². The number of ether oxygens (including phenoxy) is 2. The first-order valence-electron chi connectivity index (χ1n) is 9.17. The van der Waals surface area contributed by atoms with Crippen molar-refractivity contribution in [1.29, 1.82) is 0 Å². The van der Waals surface area contributed by atoms with Crippen LogP contribution < -0.4 is 4.74 Å². The number of carbonyl (C=O) groups excluding carboxylic acids is 1. The standard InChI is InChI=1S/C25H19ClO3/c1-28-17-12-14-19(20-9-5-6-10-23(20)26)22(15-17)24-18-8-4-3-7-16(18)11-13-21(24)25(27)29-2/h3-15H,1-2H3. The van der Waals surface area contributed by atoms with Gasteiger partial charge in [0.15, 0.2) is 0 Å². The molecule has 0 saturated carbocycles. The van der Waals surface area contributed by atoms with E-state index in [1.807, 2.05) is 72.8 Å². The Hall–Kier alpha value is -3.30. The predicted octanol–water partition coefficient (Wildman–Crippen LogP) is 6.62. The van der Waals surface area contributed by atoms with Gasteiger partial charge in [0.1, 0.15) is 5.75 Å². The summed E-state index contributed by atoms with van der Waals surface area (Å²) >= 11 is 6.52. The van der Waals surface area contributed by atoms with Crippen LogP contribution in [0, 0.1) is 0 Å². The Morgan fingerprint density at radius 1 is 0.793 bits per heavy atom. The van der Waals surface area contributed by atoms with Gasteiger partial charge in [-0.15, -0.1) is 0 Å². The molecule has 29 heavy (non-hydrogen) atoms. The summed E-state index contributed by atoms with van der Waals surface area (Å²) in [6, 6.07) is 25.2. The first-order valence-corrected chi connectivity index (χ1v) is 9.55. The second-order valence-electron chi connectivity index (χ2n) is 6.59. The van der Waals surface area contributed by atoms with E-state index in [1.165, 1.54) is 7.11 Å². The highest BCUT2D eigenvalue weighted by Gasteiger charge is 2.20. The molecule has 0 aliphatic carbocycles. The van der Waals surface area contributed by atoms with Crippen molar-refractivity contribution in [2.24, 2.45) is 0 Å². The minimum Gasteiger partial charge on any atom is -0.497 e. The molecule has 0 unspecified atom stereocenters. The zero-order chi connectivity index (χ0) is 20.4. The molecule has 0 radical (unpaired) electrons. The van der Waals surface area contributed by atoms with E-state index in [1.54, 1.807) is 13.2 Å². The highest BCUT2D eigenvalue weighted by molar-refractivity contribution is 6.33. The molecule has 4 rings (SSSR count). The maximum atomic E-state index is 12.6. The quantitative estimate of drug-likeness (QED) is 0.360. The van der Waals surface area contributed by atoms with Crippen molar-refractivity contribution < 1.29 is 14.3 Å². The first-order chi connectivity index (χ1) is 14.1. The number of benzene rings is 4. The summed E-state index contributed by atoms with van der Waals surface area (Å²) in [5, 5.41) is 2.62. The third kappa shape index (κ3) is 3.45. The topological polar surface area (TPSA) is 35.5 Å². The molecule has 0 fully saturated rings. The Morgan fingerprint density at radius 3 is 2.31 bits per heavy atom. The van der Waals surface area contributed by atoms with Crippen LogP contribution in [0.5, 0.6) is 5.75 Å². The lowest BCUT2D eigenvalue weighted by Crippen LogP contribution is -2.05. The molecule has 0 amide bonds. The van der Waals surface area contributed by atoms with Gasteiger partial charge in [0.25, 0.3) is 0 Å². The Kier molecular flexibility index (Phi) is 5.24. The van der Waals surface area contributed by atoms with Gasteiger partial charge in [0.05, 0.1) is 19.8 Å². The van der Waals surface area contributed by atoms with Crippen LogP contribution in [0.15, 0.2) is 78.9 Å². The van der Waals surface area contributed by atoms with E-state index in [0.717, 1.165) is 33.0 Å². The van der Waals surface area contributed by atoms with Gasteiger partial charge in [-0.05, 0) is 46.2 Å². The summed E-state index contributed by atoms with van der Waals surface area (Å²) in [5.74, 6) is 0.304. The number of halogens is 1. The zero-order valence-corrected chi connectivity index (χ0v) is 16.9. The zero-order valence-electron chi connectivity index (χ0n) is 16.1. The fourth-order valence-electron chi connectivity index (χ4n) is 3.61. The lowest BCUT2D eigenvalue weighted by atomic mass is 9.88. The van der Waals surface area contributed by atoms with Crippen LogP contribution in [-0.2, 0) is 4.74 Å². The molecule has 0 aromatic heterocycles. The molecule has 0 aliphatic heterocycles. The first kappa shape index (κ1) is 19.0. The van der Waals surface area contributed by atoms with Gasteiger partial charge < -0.3 is 9.47 Å². The molecule has 0 heterocycles. The van der Waals surface area contributed by atoms with Gasteiger partial charge >= 0.3 is 5.97 Å². The maximum Gasteiger partial charge on any atom is 0.338 e. The third-order valence-electron chi connectivity index (χ3n) is 4.99. The maximum absolute atomic E-state index is 12.6. The van der Waals surface area contributed by atoms with Crippen LogP contribution in [0.1, 0.15) is 10.4 Å². The van der Waals surface area contributed by atoms with Crippen molar-refractivity contribution in [3.8, 4) is 28.0 Å². The average molecular weight is 403 g/mol. The van der Waals surface area contributed by atoms with Crippen LogP contribution in [0.2, 0.25) is 5.02 Å². The van der Waals surface area contributed by atoms with Gasteiger partial charge in [-0.2, -0.15) is 0 Å². The molecule has 0 aliphatic rings. The number of carbonyl (C=O) groups is 1. The van der Waals surface area contributed by atoms with Crippen LogP contribution in [-0.4, -0.2) is 20.2 Å². The molecule has 4 aromatic rings. The summed E-state index contributed by atoms with van der Waals surface area (Å²) in [6.45, 7) is 0. The fourth-order valence-corrected chi connectivity index (χ4v) is 3.85. The summed E-state index contributed by atoms with van der Waals surface area (Å²) in [4.78, 5) is 12.6. The lowest BCUT2D eigenvalue weighted by Gasteiger charge is -2.18. The third-order valence-corrected chi connectivity index (χ3v) is 5.32. The average Bonchev–Trinajstić information content (AvgIpc) is 2.77. The van der Waals surface area contributed by atoms with Crippen molar-refractivity contribution in [2.45, 2.75) is 0 Å². The number of fused-ring (bicyclic) bond motifs is 1. The molecule has 144 valence electrons. The van der Waals surface area contributed by atoms with E-state index >= 15 is 0 Å². The van der Waals surface area contributed by atoms with Crippen molar-refractivity contribution in [2.75, 3.05) is 14.2 Å². The molecule has 4 aromatic carbocycles. The summed E-state index contributed by atoms with van der Waals surface area (Å²) in [6.07, 6.45) is 0. The number of hydrogen-bond donors (Lipinski definition) is 0. The highest BCUT2D eigenvalue weighted by Crippen LogP contribution is 2.42. The molecule has 4 heteroatoms. The Morgan fingerprint density at radius 2 is 1.55 bits per heavy atom. The number of rotatable bonds is 4. The SMILES string of the molecule is COC(=O)c1ccc2ccccc2c1-c1cc(OC)ccc1-c1ccccc1Cl. The Balaban J connectivity index is 2.13. The normalized spacial score (nSPS) is 10.7. The second-order valence-corrected chi connectivity index (χ2v) is 7.00. The monoisotopic (exact) mass is 402 g/mol. The highest BCUT2D eigenvalue weighted by atomic mass is 35.5. The molecule has 3 nitrogen and oxygen atoms in total. The largest absolute Gasteiger partial charge is 0.497 e. The summed E-state index contributed by atoms with van der Waals surface area (Å²) in [5.41, 5.74) is 3.94. The van der Waals surface area contributed by atoms with Crippen molar-refractivity contribution in [3.05, 3.63) is 89.4 Å². The van der Waals surface area contributed by atoms with Gasteiger partial charge in [-0.3, -0.25) is 0 Å². The van der Waals surface area contributed by atoms with Crippen LogP contribution in [0.25, 0.3) is 33.0 Å². The van der Waals surface area contributed by atoms with Crippen LogP contribution in [0.3, 0.4) is 0 Å². The fraction of sp³-hybridized carbons (Fsp3) is 0.0800. The van der Waals surface area contributed by atoms with E-state index < -0.39 is 5.97 Å². The summed E-state index contributed by atoms with van der Waals surface area (Å²) < 4.78 is 10.6. The van der Waals surface area contributed by atoms with Crippen molar-refractivity contribution >= 4 is 28.3 Å². The molecule has 0 spiro atoms. The van der Waals surface area contributed by atoms with E-state index in [4.69, 9.17) is 21.1 Å². The van der Waals surface area contributed by atoms with Gasteiger partial charge in [0.2, 0.25) is 0 Å². The number of methoxy groups -OCH3 is 2. The second kappa shape index (κ2) is 7.98. The minimum atomic E-state index is -0.390. The Bertz CT molecular complexity index is 1210. The van der Waals surface area contributed by atoms with E-state index in [2.05, 4.69) is 0 Å². The Labute approximate surface area is 174 Å². The molecule has 0 N–H and O–H groups in total. The molecule has 0 bridgehead atoms. The van der Waals surface area contributed by atoms with E-state index in [9.17, 15) is 4.79 Å². The lowest BCUT2D eigenvalue weighted by molar-refractivity contribution is 0.0602. The van der Waals surface area contributed by atoms with Crippen molar-refractivity contribution in [3.63, 3.8) is 0 Å². The smallest absolute Gasteiger partial charge is 0.338 e. The molecular formula is C25H19ClO3.